The van der Waals surface area contributed by atoms with Crippen LogP contribution in [0.4, 0.5) is 11.4 Å². The van der Waals surface area contributed by atoms with Crippen molar-refractivity contribution in [1.29, 1.82) is 0 Å². The van der Waals surface area contributed by atoms with Crippen LogP contribution < -0.4 is 0 Å². The molecule has 0 saturated carbocycles. The van der Waals surface area contributed by atoms with Gasteiger partial charge in [-0.2, -0.15) is 0 Å². The predicted octanol–water partition coefficient (Wildman–Crippen LogP) is 7.31. The topological polar surface area (TPSA) is 103 Å². The van der Waals surface area contributed by atoms with Crippen LogP contribution >= 0.6 is 23.2 Å². The molecule has 0 aliphatic heterocycles. The number of nitro groups is 2. The van der Waals surface area contributed by atoms with E-state index in [1.165, 1.54) is 12.1 Å². The van der Waals surface area contributed by atoms with Gasteiger partial charge in [0.2, 0.25) is 0 Å². The molecule has 0 fully saturated rings. The van der Waals surface area contributed by atoms with Crippen molar-refractivity contribution < 1.29 is 14.1 Å². The van der Waals surface area contributed by atoms with Crippen molar-refractivity contribution in [2.45, 2.75) is 9.79 Å². The fraction of sp³-hybridized carbons (Fsp3) is 0. The molecule has 10 heteroatoms. The van der Waals surface area contributed by atoms with E-state index in [-0.39, 0.29) is 42.3 Å². The smallest absolute Gasteiger partial charge is 0.258 e. The highest BCUT2D eigenvalue weighted by molar-refractivity contribution is 7.85. The molecule has 0 aliphatic rings. The highest BCUT2D eigenvalue weighted by Crippen LogP contribution is 2.41. The molecule has 0 saturated heterocycles. The number of nitro benzene ring substituents is 2. The molecule has 0 radical (unpaired) electrons. The minimum absolute atomic E-state index is 0.00800. The third-order valence-electron chi connectivity index (χ3n) is 5.06. The molecule has 170 valence electrons. The van der Waals surface area contributed by atoms with E-state index >= 15 is 0 Å². The first-order chi connectivity index (χ1) is 16.3. The fourth-order valence-electron chi connectivity index (χ4n) is 3.49. The first kappa shape index (κ1) is 23.6. The van der Waals surface area contributed by atoms with Crippen molar-refractivity contribution in [2.75, 3.05) is 0 Å². The van der Waals surface area contributed by atoms with Crippen LogP contribution in [0.15, 0.2) is 94.7 Å². The molecule has 4 aromatic rings. The summed E-state index contributed by atoms with van der Waals surface area (Å²) in [6, 6.07) is 22.2. The molecule has 0 amide bonds. The van der Waals surface area contributed by atoms with E-state index < -0.39 is 20.6 Å². The van der Waals surface area contributed by atoms with Gasteiger partial charge in [0.25, 0.3) is 11.4 Å². The molecular weight excluding hydrogens is 499 g/mol. The lowest BCUT2D eigenvalue weighted by atomic mass is 10.0. The van der Waals surface area contributed by atoms with Gasteiger partial charge < -0.3 is 0 Å². The zero-order valence-corrected chi connectivity index (χ0v) is 19.5. The van der Waals surface area contributed by atoms with Gasteiger partial charge in [0.1, 0.15) is 0 Å². The number of nitrogens with zero attached hydrogens (tertiary/aromatic N) is 2. The zero-order valence-electron chi connectivity index (χ0n) is 17.2. The van der Waals surface area contributed by atoms with Crippen LogP contribution in [0.3, 0.4) is 0 Å². The number of halogens is 2. The Morgan fingerprint density at radius 1 is 0.618 bits per heavy atom. The lowest BCUT2D eigenvalue weighted by Crippen LogP contribution is -2.01. The van der Waals surface area contributed by atoms with Crippen molar-refractivity contribution in [2.24, 2.45) is 0 Å². The average Bonchev–Trinajstić information content (AvgIpc) is 2.84. The molecule has 0 atom stereocenters. The lowest BCUT2D eigenvalue weighted by Gasteiger charge is -2.12. The van der Waals surface area contributed by atoms with Crippen molar-refractivity contribution >= 4 is 45.4 Å². The molecule has 0 spiro atoms. The zero-order chi connectivity index (χ0) is 24.4. The Morgan fingerprint density at radius 2 is 0.971 bits per heavy atom. The van der Waals surface area contributed by atoms with Gasteiger partial charge in [-0.3, -0.25) is 20.2 Å². The summed E-state index contributed by atoms with van der Waals surface area (Å²) in [7, 11) is -2.13. The monoisotopic (exact) mass is 512 g/mol. The molecule has 4 rings (SSSR count). The van der Waals surface area contributed by atoms with Gasteiger partial charge in [-0.1, -0.05) is 83.9 Å². The largest absolute Gasteiger partial charge is 0.278 e. The Morgan fingerprint density at radius 3 is 1.29 bits per heavy atom. The molecule has 4 aromatic carbocycles. The van der Waals surface area contributed by atoms with E-state index in [2.05, 4.69) is 0 Å². The minimum atomic E-state index is -2.13. The highest BCUT2D eigenvalue weighted by atomic mass is 35.5. The summed E-state index contributed by atoms with van der Waals surface area (Å²) in [5.41, 5.74) is 1.04. The molecule has 7 nitrogen and oxygen atoms in total. The van der Waals surface area contributed by atoms with Gasteiger partial charge in [0.15, 0.2) is 0 Å². The summed E-state index contributed by atoms with van der Waals surface area (Å²) in [5, 5.41) is 23.6. The van der Waals surface area contributed by atoms with Crippen LogP contribution in [0.2, 0.25) is 10.0 Å². The van der Waals surface area contributed by atoms with E-state index in [4.69, 9.17) is 23.2 Å². The Kier molecular flexibility index (Phi) is 6.74. The van der Waals surface area contributed by atoms with E-state index in [1.54, 1.807) is 60.7 Å². The summed E-state index contributed by atoms with van der Waals surface area (Å²) in [4.78, 5) is 22.2. The second-order valence-corrected chi connectivity index (χ2v) is 9.35. The van der Waals surface area contributed by atoms with Crippen molar-refractivity contribution in [3.63, 3.8) is 0 Å². The quantitative estimate of drug-likeness (QED) is 0.199. The summed E-state index contributed by atoms with van der Waals surface area (Å²) in [5.74, 6) is 0. The van der Waals surface area contributed by atoms with Crippen molar-refractivity contribution in [3.05, 3.63) is 115 Å². The Hall–Kier alpha value is -3.59. The van der Waals surface area contributed by atoms with Gasteiger partial charge in [-0.05, 0) is 23.3 Å². The third-order valence-corrected chi connectivity index (χ3v) is 7.39. The molecular formula is C24H14Cl2N2O5S. The molecule has 0 heterocycles. The highest BCUT2D eigenvalue weighted by Gasteiger charge is 2.26. The number of rotatable bonds is 6. The van der Waals surface area contributed by atoms with Gasteiger partial charge in [0, 0.05) is 12.1 Å². The Labute approximate surface area is 206 Å². The van der Waals surface area contributed by atoms with Crippen LogP contribution in [0.5, 0.6) is 0 Å². The van der Waals surface area contributed by atoms with Crippen molar-refractivity contribution in [3.8, 4) is 22.3 Å². The lowest BCUT2D eigenvalue weighted by molar-refractivity contribution is -0.384. The number of hydrogen-bond donors (Lipinski definition) is 0. The van der Waals surface area contributed by atoms with Crippen LogP contribution in [0, 0.1) is 20.2 Å². The Bertz CT molecular complexity index is 1340. The van der Waals surface area contributed by atoms with E-state index in [9.17, 15) is 24.4 Å². The number of hydrogen-bond acceptors (Lipinski definition) is 5. The molecule has 0 bridgehead atoms. The summed E-state index contributed by atoms with van der Waals surface area (Å²) in [6.45, 7) is 0. The molecule has 34 heavy (non-hydrogen) atoms. The van der Waals surface area contributed by atoms with E-state index in [0.29, 0.717) is 11.1 Å². The maximum absolute atomic E-state index is 13.4. The first-order valence-electron chi connectivity index (χ1n) is 9.76. The van der Waals surface area contributed by atoms with Crippen LogP contribution in [0.1, 0.15) is 0 Å². The first-order valence-corrected chi connectivity index (χ1v) is 11.7. The maximum atomic E-state index is 13.4. The SMILES string of the molecule is O=[N+]([O-])c1cc(S(=O)c2cc([N+](=O)[O-])c(-c3ccccc3)cc2Cl)c(Cl)cc1-c1ccccc1. The van der Waals surface area contributed by atoms with Gasteiger partial charge in [-0.25, -0.2) is 4.21 Å². The van der Waals surface area contributed by atoms with Crippen LogP contribution in [-0.2, 0) is 10.8 Å². The van der Waals surface area contributed by atoms with Crippen LogP contribution in [-0.4, -0.2) is 14.1 Å². The molecule has 0 aliphatic carbocycles. The maximum Gasteiger partial charge on any atom is 0.278 e. The van der Waals surface area contributed by atoms with Gasteiger partial charge in [0.05, 0.1) is 51.6 Å². The second-order valence-electron chi connectivity index (χ2n) is 7.11. The van der Waals surface area contributed by atoms with Crippen LogP contribution in [0.25, 0.3) is 22.3 Å². The van der Waals surface area contributed by atoms with Gasteiger partial charge >= 0.3 is 0 Å². The number of benzene rings is 4. The predicted molar refractivity (Wildman–Crippen MR) is 132 cm³/mol. The molecule has 0 N–H and O–H groups in total. The molecule has 0 aromatic heterocycles. The van der Waals surface area contributed by atoms with Crippen molar-refractivity contribution in [1.82, 2.24) is 0 Å². The van der Waals surface area contributed by atoms with Gasteiger partial charge in [-0.15, -0.1) is 0 Å². The average molecular weight is 513 g/mol. The molecule has 0 unspecified atom stereocenters. The summed E-state index contributed by atoms with van der Waals surface area (Å²) < 4.78 is 13.4. The summed E-state index contributed by atoms with van der Waals surface area (Å²) in [6.07, 6.45) is 0. The summed E-state index contributed by atoms with van der Waals surface area (Å²) >= 11 is 12.8. The normalized spacial score (nSPS) is 10.9. The second kappa shape index (κ2) is 9.72. The van der Waals surface area contributed by atoms with E-state index in [1.807, 2.05) is 0 Å². The standard InChI is InChI=1S/C24H14Cl2N2O5S/c25-19-11-17(15-7-3-1-4-8-15)21(27(29)30)13-23(19)34(33)24-14-22(28(31)32)18(12-20(24)26)16-9-5-2-6-10-16/h1-14H. The third kappa shape index (κ3) is 4.56. The minimum Gasteiger partial charge on any atom is -0.258 e. The van der Waals surface area contributed by atoms with E-state index in [0.717, 1.165) is 12.1 Å². The fourth-order valence-corrected chi connectivity index (χ4v) is 5.38. The Balaban J connectivity index is 1.86.